The summed E-state index contributed by atoms with van der Waals surface area (Å²) in [5, 5.41) is 7.90. The molecule has 0 bridgehead atoms. The van der Waals surface area contributed by atoms with E-state index in [1.54, 1.807) is 10.7 Å². The van der Waals surface area contributed by atoms with Gasteiger partial charge in [0.2, 0.25) is 0 Å². The molecule has 0 unspecified atom stereocenters. The fourth-order valence-corrected chi connectivity index (χ4v) is 2.30. The molecular formula is C15H18ClN3O. The monoisotopic (exact) mass is 291 g/mol. The van der Waals surface area contributed by atoms with Crippen LogP contribution in [0.5, 0.6) is 0 Å². The average molecular weight is 292 g/mol. The van der Waals surface area contributed by atoms with Crippen LogP contribution in [0, 0.1) is 6.92 Å². The molecule has 2 rings (SSSR count). The second-order valence-electron chi connectivity index (χ2n) is 4.58. The van der Waals surface area contributed by atoms with Crippen LogP contribution in [0.2, 0.25) is 5.02 Å². The molecule has 4 nitrogen and oxygen atoms in total. The van der Waals surface area contributed by atoms with Crippen LogP contribution in [0.15, 0.2) is 30.3 Å². The number of hydrogen-bond acceptors (Lipinski definition) is 2. The van der Waals surface area contributed by atoms with Crippen molar-refractivity contribution in [2.45, 2.75) is 26.8 Å². The lowest BCUT2D eigenvalue weighted by molar-refractivity contribution is 0.0943. The van der Waals surface area contributed by atoms with Gasteiger partial charge >= 0.3 is 0 Å². The number of aryl methyl sites for hydroxylation is 2. The first-order valence-electron chi connectivity index (χ1n) is 6.68. The van der Waals surface area contributed by atoms with E-state index >= 15 is 0 Å². The van der Waals surface area contributed by atoms with Gasteiger partial charge in [-0.05, 0) is 38.0 Å². The molecule has 0 saturated heterocycles. The molecule has 20 heavy (non-hydrogen) atoms. The Kier molecular flexibility index (Phi) is 4.79. The van der Waals surface area contributed by atoms with E-state index in [9.17, 15) is 4.79 Å². The lowest BCUT2D eigenvalue weighted by Gasteiger charge is -2.07. The summed E-state index contributed by atoms with van der Waals surface area (Å²) in [6.45, 7) is 5.08. The van der Waals surface area contributed by atoms with Gasteiger partial charge < -0.3 is 5.32 Å². The number of amides is 1. The molecular weight excluding hydrogens is 274 g/mol. The van der Waals surface area contributed by atoms with E-state index in [0.29, 0.717) is 25.2 Å². The Bertz CT molecular complexity index is 607. The maximum atomic E-state index is 12.1. The maximum absolute atomic E-state index is 12.1. The molecule has 1 N–H and O–H groups in total. The quantitative estimate of drug-likeness (QED) is 0.921. The summed E-state index contributed by atoms with van der Waals surface area (Å²) >= 11 is 6.08. The molecule has 0 spiro atoms. The van der Waals surface area contributed by atoms with Crippen molar-refractivity contribution in [3.63, 3.8) is 0 Å². The molecule has 2 aromatic rings. The van der Waals surface area contributed by atoms with Crippen LogP contribution in [0.25, 0.3) is 0 Å². The van der Waals surface area contributed by atoms with Crippen molar-refractivity contribution in [2.75, 3.05) is 6.54 Å². The SMILES string of the molecule is CCn1nc(C)cc1C(=O)NCCc1ccccc1Cl. The van der Waals surface area contributed by atoms with Crippen molar-refractivity contribution < 1.29 is 4.79 Å². The molecule has 0 aliphatic carbocycles. The van der Waals surface area contributed by atoms with Crippen LogP contribution in [0.3, 0.4) is 0 Å². The topological polar surface area (TPSA) is 46.9 Å². The Balaban J connectivity index is 1.94. The highest BCUT2D eigenvalue weighted by atomic mass is 35.5. The number of aromatic nitrogens is 2. The second-order valence-corrected chi connectivity index (χ2v) is 4.99. The number of nitrogens with zero attached hydrogens (tertiary/aromatic N) is 2. The minimum absolute atomic E-state index is 0.0977. The molecule has 5 heteroatoms. The third-order valence-electron chi connectivity index (χ3n) is 3.07. The van der Waals surface area contributed by atoms with Gasteiger partial charge in [0, 0.05) is 18.1 Å². The number of hydrogen-bond donors (Lipinski definition) is 1. The van der Waals surface area contributed by atoms with E-state index in [4.69, 9.17) is 11.6 Å². The van der Waals surface area contributed by atoms with Crippen LogP contribution in [0.1, 0.15) is 28.7 Å². The second kappa shape index (κ2) is 6.57. The van der Waals surface area contributed by atoms with Gasteiger partial charge in [-0.15, -0.1) is 0 Å². The lowest BCUT2D eigenvalue weighted by atomic mass is 10.1. The molecule has 0 saturated carbocycles. The Morgan fingerprint density at radius 1 is 1.40 bits per heavy atom. The van der Waals surface area contributed by atoms with Crippen LogP contribution < -0.4 is 5.32 Å². The third kappa shape index (κ3) is 3.39. The summed E-state index contributed by atoms with van der Waals surface area (Å²) in [6.07, 6.45) is 0.713. The predicted octanol–water partition coefficient (Wildman–Crippen LogP) is 2.84. The van der Waals surface area contributed by atoms with Crippen molar-refractivity contribution in [1.82, 2.24) is 15.1 Å². The molecule has 0 aliphatic rings. The highest BCUT2D eigenvalue weighted by Crippen LogP contribution is 2.14. The van der Waals surface area contributed by atoms with E-state index in [1.807, 2.05) is 38.1 Å². The molecule has 0 radical (unpaired) electrons. The molecule has 106 valence electrons. The zero-order valence-corrected chi connectivity index (χ0v) is 12.4. The van der Waals surface area contributed by atoms with E-state index in [-0.39, 0.29) is 5.91 Å². The van der Waals surface area contributed by atoms with Crippen molar-refractivity contribution >= 4 is 17.5 Å². The van der Waals surface area contributed by atoms with Crippen molar-refractivity contribution in [1.29, 1.82) is 0 Å². The van der Waals surface area contributed by atoms with Gasteiger partial charge in [-0.3, -0.25) is 9.48 Å². The molecule has 1 heterocycles. The van der Waals surface area contributed by atoms with E-state index in [1.165, 1.54) is 0 Å². The Labute approximate surface area is 123 Å². The molecule has 1 amide bonds. The number of nitrogens with one attached hydrogen (secondary N) is 1. The smallest absolute Gasteiger partial charge is 0.269 e. The largest absolute Gasteiger partial charge is 0.350 e. The first-order chi connectivity index (χ1) is 9.61. The fourth-order valence-electron chi connectivity index (χ4n) is 2.07. The van der Waals surface area contributed by atoms with Gasteiger partial charge in [0.15, 0.2) is 0 Å². The van der Waals surface area contributed by atoms with Gasteiger partial charge in [0.25, 0.3) is 5.91 Å². The molecule has 0 atom stereocenters. The van der Waals surface area contributed by atoms with Crippen molar-refractivity contribution in [3.05, 3.63) is 52.3 Å². The molecule has 1 aromatic carbocycles. The summed E-state index contributed by atoms with van der Waals surface area (Å²) in [6, 6.07) is 9.46. The van der Waals surface area contributed by atoms with Gasteiger partial charge in [-0.25, -0.2) is 0 Å². The van der Waals surface area contributed by atoms with E-state index in [2.05, 4.69) is 10.4 Å². The first kappa shape index (κ1) is 14.6. The lowest BCUT2D eigenvalue weighted by Crippen LogP contribution is -2.28. The molecule has 1 aromatic heterocycles. The molecule has 0 fully saturated rings. The van der Waals surface area contributed by atoms with Crippen LogP contribution in [0.4, 0.5) is 0 Å². The Hall–Kier alpha value is -1.81. The predicted molar refractivity (Wildman–Crippen MR) is 80.1 cm³/mol. The van der Waals surface area contributed by atoms with Gasteiger partial charge in [-0.1, -0.05) is 29.8 Å². The normalized spacial score (nSPS) is 10.6. The van der Waals surface area contributed by atoms with Gasteiger partial charge in [0.1, 0.15) is 5.69 Å². The zero-order valence-electron chi connectivity index (χ0n) is 11.7. The van der Waals surface area contributed by atoms with Crippen LogP contribution in [-0.2, 0) is 13.0 Å². The Morgan fingerprint density at radius 3 is 2.85 bits per heavy atom. The number of carbonyl (C=O) groups is 1. The summed E-state index contributed by atoms with van der Waals surface area (Å²) in [5.41, 5.74) is 2.49. The summed E-state index contributed by atoms with van der Waals surface area (Å²) in [4.78, 5) is 12.1. The third-order valence-corrected chi connectivity index (χ3v) is 3.44. The fraction of sp³-hybridized carbons (Fsp3) is 0.333. The van der Waals surface area contributed by atoms with Gasteiger partial charge in [0.05, 0.1) is 5.69 Å². The minimum Gasteiger partial charge on any atom is -0.350 e. The van der Waals surface area contributed by atoms with Crippen molar-refractivity contribution in [3.8, 4) is 0 Å². The number of benzene rings is 1. The summed E-state index contributed by atoms with van der Waals surface area (Å²) < 4.78 is 1.71. The maximum Gasteiger partial charge on any atom is 0.269 e. The van der Waals surface area contributed by atoms with Crippen LogP contribution >= 0.6 is 11.6 Å². The number of rotatable bonds is 5. The standard InChI is InChI=1S/C15H18ClN3O/c1-3-19-14(10-11(2)18-19)15(20)17-9-8-12-6-4-5-7-13(12)16/h4-7,10H,3,8-9H2,1-2H3,(H,17,20). The summed E-state index contributed by atoms with van der Waals surface area (Å²) in [5.74, 6) is -0.0977. The average Bonchev–Trinajstić information content (AvgIpc) is 2.82. The number of carbonyl (C=O) groups excluding carboxylic acids is 1. The van der Waals surface area contributed by atoms with Crippen LogP contribution in [-0.4, -0.2) is 22.2 Å². The number of halogens is 1. The Morgan fingerprint density at radius 2 is 2.15 bits per heavy atom. The highest BCUT2D eigenvalue weighted by Gasteiger charge is 2.12. The van der Waals surface area contributed by atoms with E-state index < -0.39 is 0 Å². The first-order valence-corrected chi connectivity index (χ1v) is 7.05. The van der Waals surface area contributed by atoms with Gasteiger partial charge in [-0.2, -0.15) is 5.10 Å². The summed E-state index contributed by atoms with van der Waals surface area (Å²) in [7, 11) is 0. The highest BCUT2D eigenvalue weighted by molar-refractivity contribution is 6.31. The minimum atomic E-state index is -0.0977. The molecule has 0 aliphatic heterocycles. The van der Waals surface area contributed by atoms with Crippen molar-refractivity contribution in [2.24, 2.45) is 0 Å². The zero-order chi connectivity index (χ0) is 14.5. The van der Waals surface area contributed by atoms with E-state index in [0.717, 1.165) is 16.3 Å².